The van der Waals surface area contributed by atoms with Gasteiger partial charge in [-0.25, -0.2) is 13.1 Å². The Hall–Kier alpha value is -1.80. The summed E-state index contributed by atoms with van der Waals surface area (Å²) >= 11 is 0. The number of carbonyl (C=O) groups is 1. The minimum Gasteiger partial charge on any atom is -0.490 e. The van der Waals surface area contributed by atoms with Gasteiger partial charge in [0.2, 0.25) is 15.9 Å². The SMILES string of the molecule is CC(=O)NCCNS(=O)(=O)c1ccc2c(c1)N(C)CCO2. The first-order chi connectivity index (χ1) is 9.90. The first kappa shape index (κ1) is 15.6. The summed E-state index contributed by atoms with van der Waals surface area (Å²) in [6, 6.07) is 4.77. The lowest BCUT2D eigenvalue weighted by molar-refractivity contribution is -0.118. The number of nitrogens with zero attached hydrogens (tertiary/aromatic N) is 1. The van der Waals surface area contributed by atoms with Gasteiger partial charge in [0.1, 0.15) is 12.4 Å². The van der Waals surface area contributed by atoms with Crippen molar-refractivity contribution < 1.29 is 17.9 Å². The number of sulfonamides is 1. The second-order valence-corrected chi connectivity index (χ2v) is 6.55. The van der Waals surface area contributed by atoms with Crippen molar-refractivity contribution >= 4 is 21.6 Å². The quantitative estimate of drug-likeness (QED) is 0.743. The summed E-state index contributed by atoms with van der Waals surface area (Å²) in [5, 5.41) is 2.53. The molecule has 116 valence electrons. The van der Waals surface area contributed by atoms with Crippen LogP contribution in [0, 0.1) is 0 Å². The van der Waals surface area contributed by atoms with Gasteiger partial charge < -0.3 is 15.0 Å². The second kappa shape index (κ2) is 6.31. The molecule has 0 unspecified atom stereocenters. The van der Waals surface area contributed by atoms with Crippen LogP contribution in [0.4, 0.5) is 5.69 Å². The zero-order valence-corrected chi connectivity index (χ0v) is 12.9. The van der Waals surface area contributed by atoms with Crippen molar-refractivity contribution in [3.8, 4) is 5.75 Å². The lowest BCUT2D eigenvalue weighted by atomic mass is 10.2. The Balaban J connectivity index is 2.09. The molecule has 0 radical (unpaired) electrons. The summed E-state index contributed by atoms with van der Waals surface area (Å²) in [4.78, 5) is 12.9. The zero-order valence-electron chi connectivity index (χ0n) is 12.0. The van der Waals surface area contributed by atoms with E-state index >= 15 is 0 Å². The predicted molar refractivity (Wildman–Crippen MR) is 79.1 cm³/mol. The van der Waals surface area contributed by atoms with Crippen molar-refractivity contribution in [2.75, 3.05) is 38.2 Å². The van der Waals surface area contributed by atoms with Crippen LogP contribution in [0.1, 0.15) is 6.92 Å². The lowest BCUT2D eigenvalue weighted by Gasteiger charge is -2.28. The summed E-state index contributed by atoms with van der Waals surface area (Å²) in [6.07, 6.45) is 0. The molecule has 0 bridgehead atoms. The van der Waals surface area contributed by atoms with Crippen LogP contribution < -0.4 is 19.7 Å². The van der Waals surface area contributed by atoms with Gasteiger partial charge in [0, 0.05) is 27.1 Å². The number of rotatable bonds is 5. The van der Waals surface area contributed by atoms with Gasteiger partial charge in [0.15, 0.2) is 0 Å². The summed E-state index contributed by atoms with van der Waals surface area (Å²) in [5.41, 5.74) is 0.756. The van der Waals surface area contributed by atoms with Gasteiger partial charge in [0.25, 0.3) is 0 Å². The van der Waals surface area contributed by atoms with Crippen LogP contribution in [0.5, 0.6) is 5.75 Å². The van der Waals surface area contributed by atoms with Crippen molar-refractivity contribution in [2.24, 2.45) is 0 Å². The number of nitrogens with one attached hydrogen (secondary N) is 2. The van der Waals surface area contributed by atoms with E-state index in [0.29, 0.717) is 18.9 Å². The van der Waals surface area contributed by atoms with Gasteiger partial charge in [-0.15, -0.1) is 0 Å². The first-order valence-corrected chi connectivity index (χ1v) is 8.10. The topological polar surface area (TPSA) is 87.7 Å². The van der Waals surface area contributed by atoms with Gasteiger partial charge >= 0.3 is 0 Å². The molecule has 21 heavy (non-hydrogen) atoms. The number of amides is 1. The van der Waals surface area contributed by atoms with Crippen LogP contribution in [0.15, 0.2) is 23.1 Å². The van der Waals surface area contributed by atoms with Crippen molar-refractivity contribution in [3.63, 3.8) is 0 Å². The Morgan fingerprint density at radius 1 is 1.38 bits per heavy atom. The van der Waals surface area contributed by atoms with Gasteiger partial charge in [-0.1, -0.05) is 0 Å². The van der Waals surface area contributed by atoms with Crippen molar-refractivity contribution in [3.05, 3.63) is 18.2 Å². The molecule has 0 fully saturated rings. The Kier molecular flexibility index (Phi) is 4.69. The molecule has 8 heteroatoms. The number of likely N-dealkylation sites (N-methyl/N-ethyl adjacent to an activating group) is 1. The Morgan fingerprint density at radius 2 is 2.14 bits per heavy atom. The molecular formula is C13H19N3O4S. The lowest BCUT2D eigenvalue weighted by Crippen LogP contribution is -2.34. The molecule has 0 atom stereocenters. The summed E-state index contributed by atoms with van der Waals surface area (Å²) < 4.78 is 32.3. The Labute approximate surface area is 124 Å². The van der Waals surface area contributed by atoms with Crippen LogP contribution >= 0.6 is 0 Å². The highest BCUT2D eigenvalue weighted by Gasteiger charge is 2.20. The minimum atomic E-state index is -3.60. The van der Waals surface area contributed by atoms with Crippen molar-refractivity contribution in [2.45, 2.75) is 11.8 Å². The summed E-state index contributed by atoms with van der Waals surface area (Å²) in [5.74, 6) is 0.489. The van der Waals surface area contributed by atoms with Crippen molar-refractivity contribution in [1.82, 2.24) is 10.0 Å². The number of fused-ring (bicyclic) bond motifs is 1. The molecule has 2 N–H and O–H groups in total. The molecule has 1 amide bonds. The Morgan fingerprint density at radius 3 is 2.86 bits per heavy atom. The second-order valence-electron chi connectivity index (χ2n) is 4.78. The van der Waals surface area contributed by atoms with E-state index in [1.165, 1.54) is 13.0 Å². The van der Waals surface area contributed by atoms with Crippen LogP contribution in [-0.2, 0) is 14.8 Å². The van der Waals surface area contributed by atoms with Crippen LogP contribution in [0.2, 0.25) is 0 Å². The summed E-state index contributed by atoms with van der Waals surface area (Å²) in [6.45, 7) is 3.08. The molecule has 1 aliphatic heterocycles. The fourth-order valence-electron chi connectivity index (χ4n) is 2.00. The fraction of sp³-hybridized carbons (Fsp3) is 0.462. The number of ether oxygens (including phenoxy) is 1. The monoisotopic (exact) mass is 313 g/mol. The summed E-state index contributed by atoms with van der Waals surface area (Å²) in [7, 11) is -1.71. The van der Waals surface area contributed by atoms with E-state index in [2.05, 4.69) is 10.0 Å². The number of hydrogen-bond acceptors (Lipinski definition) is 5. The van der Waals surface area contributed by atoms with E-state index in [1.807, 2.05) is 11.9 Å². The minimum absolute atomic E-state index is 0.144. The fourth-order valence-corrected chi connectivity index (χ4v) is 3.06. The molecule has 1 heterocycles. The molecule has 1 aliphatic rings. The highest BCUT2D eigenvalue weighted by molar-refractivity contribution is 7.89. The largest absolute Gasteiger partial charge is 0.490 e. The smallest absolute Gasteiger partial charge is 0.240 e. The van der Waals surface area contributed by atoms with E-state index in [9.17, 15) is 13.2 Å². The molecule has 0 spiro atoms. The molecular weight excluding hydrogens is 294 g/mol. The maximum Gasteiger partial charge on any atom is 0.240 e. The first-order valence-electron chi connectivity index (χ1n) is 6.62. The maximum atomic E-state index is 12.2. The normalized spacial score (nSPS) is 14.3. The van der Waals surface area contributed by atoms with Gasteiger partial charge in [-0.05, 0) is 18.2 Å². The zero-order chi connectivity index (χ0) is 15.5. The molecule has 2 rings (SSSR count). The van der Waals surface area contributed by atoms with E-state index in [4.69, 9.17) is 4.74 Å². The molecule has 0 aromatic heterocycles. The van der Waals surface area contributed by atoms with Crippen molar-refractivity contribution in [1.29, 1.82) is 0 Å². The molecule has 0 saturated carbocycles. The van der Waals surface area contributed by atoms with E-state index < -0.39 is 10.0 Å². The van der Waals surface area contributed by atoms with Crippen LogP contribution in [-0.4, -0.2) is 47.6 Å². The molecule has 7 nitrogen and oxygen atoms in total. The third-order valence-electron chi connectivity index (χ3n) is 3.13. The van der Waals surface area contributed by atoms with E-state index in [0.717, 1.165) is 5.69 Å². The number of anilines is 1. The van der Waals surface area contributed by atoms with Crippen LogP contribution in [0.25, 0.3) is 0 Å². The van der Waals surface area contributed by atoms with E-state index in [1.54, 1.807) is 12.1 Å². The molecule has 1 aromatic rings. The van der Waals surface area contributed by atoms with Gasteiger partial charge in [0.05, 0.1) is 17.1 Å². The predicted octanol–water partition coefficient (Wildman–Crippen LogP) is -0.0704. The standard InChI is InChI=1S/C13H19N3O4S/c1-10(17)14-5-6-15-21(18,19)11-3-4-13-12(9-11)16(2)7-8-20-13/h3-4,9,15H,5-8H2,1-2H3,(H,14,17). The number of hydrogen-bond donors (Lipinski definition) is 2. The molecule has 0 saturated heterocycles. The highest BCUT2D eigenvalue weighted by atomic mass is 32.2. The third-order valence-corrected chi connectivity index (χ3v) is 4.59. The van der Waals surface area contributed by atoms with Crippen LogP contribution in [0.3, 0.4) is 0 Å². The highest BCUT2D eigenvalue weighted by Crippen LogP contribution is 2.32. The number of carbonyl (C=O) groups excluding carboxylic acids is 1. The average Bonchev–Trinajstić information content (AvgIpc) is 2.43. The maximum absolute atomic E-state index is 12.2. The van der Waals surface area contributed by atoms with Gasteiger partial charge in [-0.2, -0.15) is 0 Å². The number of benzene rings is 1. The van der Waals surface area contributed by atoms with E-state index in [-0.39, 0.29) is 23.9 Å². The molecule has 0 aliphatic carbocycles. The average molecular weight is 313 g/mol. The van der Waals surface area contributed by atoms with Gasteiger partial charge in [-0.3, -0.25) is 4.79 Å². The molecule has 1 aromatic carbocycles. The Bertz CT molecular complexity index is 630. The third kappa shape index (κ3) is 3.85.